The van der Waals surface area contributed by atoms with Crippen LogP contribution in [0.4, 0.5) is 0 Å². The van der Waals surface area contributed by atoms with E-state index in [9.17, 15) is 119 Å². The molecule has 12 unspecified atom stereocenters. The van der Waals surface area contributed by atoms with Gasteiger partial charge in [-0.1, -0.05) is 87.5 Å². The summed E-state index contributed by atoms with van der Waals surface area (Å²) in [5.74, 6) is -9.48. The molecule has 30 atom stereocenters. The van der Waals surface area contributed by atoms with Crippen LogP contribution < -0.4 is 55.2 Å². The van der Waals surface area contributed by atoms with Crippen LogP contribution in [0.5, 0.6) is 0 Å². The SMILES string of the molecule is CC1O[C@@H](O[C@@H]2C(NC(=O)c3cc(=O)[nH]c(=O)[nH]3)CC(C(=O)CCCCCN)C[C@H]2O[C@@H]2O[C@@H](CO)[C@H](O)C(O[C@@H](CC3CCCCC3)C(=O)O)C2NC(=O)Cn2cc(COCCOCCOCCOCCOCc3cn(CC(=O)NC4C(O[C@@H](CC5CCCCC5)C(=O)O)[C@@H](O)[C@H](CO)O[C@H]4O[C@@H]4CC(C(=O)CCCCCN)CC(NC(=O)c5cc(=O)[nH]c(=O)[nH]5)[C@H]4O[C@@H]4OC(C)[C@@H](O)[C@H](O)C4O)nn3)nn2)C(O)[C@@H](O)[C@@H]1O. The molecule has 0 spiro atoms. The van der Waals surface area contributed by atoms with Crippen LogP contribution in [-0.2, 0) is 126 Å². The third kappa shape index (κ3) is 34.4. The molecule has 8 aliphatic rings. The fraction of sp³-hybridized carbons (Fsp3) is 0.787. The molecule has 8 fully saturated rings. The number of aromatic amines is 4. The van der Waals surface area contributed by atoms with Gasteiger partial charge in [0.05, 0.1) is 128 Å². The lowest BCUT2D eigenvalue weighted by molar-refractivity contribution is -0.335. The van der Waals surface area contributed by atoms with Crippen molar-refractivity contribution in [2.75, 3.05) is 79.2 Å². The van der Waals surface area contributed by atoms with E-state index in [-0.39, 0.29) is 152 Å². The number of hydrogen-bond donors (Lipinski definition) is 22. The van der Waals surface area contributed by atoms with Gasteiger partial charge in [-0.2, -0.15) is 0 Å². The molecule has 8 heterocycles. The minimum absolute atomic E-state index is 0.0108. The minimum atomic E-state index is -1.96. The summed E-state index contributed by atoms with van der Waals surface area (Å²) in [7, 11) is 0. The first-order valence-electron chi connectivity index (χ1n) is 51.2. The van der Waals surface area contributed by atoms with Crippen molar-refractivity contribution in [2.24, 2.45) is 35.1 Å². The van der Waals surface area contributed by atoms with E-state index < -0.39 is 279 Å². The Kier molecular flexibility index (Phi) is 46.6. The van der Waals surface area contributed by atoms with Gasteiger partial charge >= 0.3 is 23.3 Å². The van der Waals surface area contributed by atoms with Crippen LogP contribution in [0.25, 0.3) is 0 Å². The molecule has 4 aromatic heterocycles. The number of aromatic nitrogens is 10. The molecule has 55 nitrogen and oxygen atoms in total. The van der Waals surface area contributed by atoms with Gasteiger partial charge in [-0.3, -0.25) is 48.3 Å². The fourth-order valence-electron chi connectivity index (χ4n) is 20.2. The average Bonchev–Trinajstić information content (AvgIpc) is 1.11. The predicted octanol–water partition coefficient (Wildman–Crippen LogP) is -6.06. The Morgan fingerprint density at radius 1 is 0.436 bits per heavy atom. The molecule has 0 aromatic carbocycles. The Balaban J connectivity index is 0.631. The molecule has 55 heteroatoms. The molecule has 0 bridgehead atoms. The number of aliphatic hydroxyl groups is 10. The van der Waals surface area contributed by atoms with E-state index in [2.05, 4.69) is 51.9 Å². The normalized spacial score (nSPS) is 31.1. The Morgan fingerprint density at radius 3 is 1.15 bits per heavy atom. The van der Waals surface area contributed by atoms with E-state index in [1.165, 1.54) is 26.2 Å². The zero-order valence-electron chi connectivity index (χ0n) is 83.3. The van der Waals surface area contributed by atoms with Crippen LogP contribution >= 0.6 is 0 Å². The van der Waals surface area contributed by atoms with Crippen molar-refractivity contribution < 1.29 is 171 Å². The monoisotopic (exact) mass is 2120 g/mol. The number of carboxylic acids is 2. The van der Waals surface area contributed by atoms with Crippen molar-refractivity contribution in [3.8, 4) is 0 Å². The minimum Gasteiger partial charge on any atom is -0.479 e. The summed E-state index contributed by atoms with van der Waals surface area (Å²) >= 11 is 0. The number of H-pyrrole nitrogens is 4. The van der Waals surface area contributed by atoms with Gasteiger partial charge in [-0.15, -0.1) is 10.2 Å². The van der Waals surface area contributed by atoms with Gasteiger partial charge in [0.15, 0.2) is 37.4 Å². The molecule has 0 radical (unpaired) electrons. The van der Waals surface area contributed by atoms with Crippen molar-refractivity contribution in [2.45, 2.75) is 366 Å². The predicted molar refractivity (Wildman–Crippen MR) is 507 cm³/mol. The summed E-state index contributed by atoms with van der Waals surface area (Å²) in [6, 6.07) is -4.56. The van der Waals surface area contributed by atoms with Crippen molar-refractivity contribution in [1.82, 2.24) is 71.2 Å². The van der Waals surface area contributed by atoms with Crippen LogP contribution in [0.2, 0.25) is 0 Å². The highest BCUT2D eigenvalue weighted by molar-refractivity contribution is 5.93. The molecule has 12 rings (SSSR count). The number of aliphatic hydroxyl groups excluding tert-OH is 10. The molecular formula is C94H146N16O39. The standard InChI is InChI=1S/C94H146N16O39/c1-47-73(119)77(123)79(125)91(140-47)148-81-55(97-85(127)57-37-67(115)103-93(133)99-57)33-51(59(113)19-11-5-13-21-95)35-61(81)144-89-71(83(75(121)65(43-111)146-89)142-63(87(129)130)31-49-15-7-3-8-16-49)101-69(117)41-109-39-53(105-107-109)45-138-29-27-136-25-23-135-24-26-137-28-30-139-46-54-40-110(108-106-54)42-70(118)102-72-84(143-64(88(131)132)32-50-17-9-4-10-18-50)76(122)66(44-112)147-90(72)145-62-36-52(60(114)20-12-6-14-22-96)34-56(98-86(128)58-38-68(116)104-94(134)100-58)82(62)149-92-80(126)78(124)74(120)48(2)141-92/h37-40,47-52,55-56,61-66,71-84,89-92,111-112,119-126H,3-36,41-46,95-96H2,1-2H3,(H,97,127)(H,98,128)(H,101,117)(H,102,118)(H,129,130)(H,131,132)(H2,99,103,115,133)(H2,100,104,116,134)/t47?,48?,51?,52?,55?,56?,61-,62-,63+,64+,65+,66+,71?,72?,73-,74-,75+,76+,77+,78+,79?,80?,81-,82-,83?,84?,89-,90-,91+,92+/m1/s1. The molecule has 4 amide bonds. The smallest absolute Gasteiger partial charge is 0.332 e. The Labute approximate surface area is 854 Å². The van der Waals surface area contributed by atoms with Crippen LogP contribution in [0, 0.1) is 23.7 Å². The van der Waals surface area contributed by atoms with Gasteiger partial charge in [0.1, 0.15) is 145 Å². The molecule has 149 heavy (non-hydrogen) atoms. The zero-order chi connectivity index (χ0) is 107. The maximum Gasteiger partial charge on any atom is 0.332 e. The lowest BCUT2D eigenvalue weighted by Gasteiger charge is -2.49. The highest BCUT2D eigenvalue weighted by Crippen LogP contribution is 2.42. The average molecular weight is 2120 g/mol. The molecule has 24 N–H and O–H groups in total. The van der Waals surface area contributed by atoms with E-state index in [4.69, 9.17) is 82.5 Å². The van der Waals surface area contributed by atoms with Crippen molar-refractivity contribution >= 4 is 47.1 Å². The highest BCUT2D eigenvalue weighted by atomic mass is 16.8. The molecule has 4 saturated carbocycles. The summed E-state index contributed by atoms with van der Waals surface area (Å²) in [4.78, 5) is 171. The fourth-order valence-corrected chi connectivity index (χ4v) is 20.2. The Bertz CT molecular complexity index is 4760. The maximum absolute atomic E-state index is 14.6. The number of carbonyl (C=O) groups excluding carboxylic acids is 6. The van der Waals surface area contributed by atoms with Crippen molar-refractivity contribution in [1.29, 1.82) is 0 Å². The summed E-state index contributed by atoms with van der Waals surface area (Å²) in [6.07, 6.45) is -27.6. The maximum atomic E-state index is 14.6. The van der Waals surface area contributed by atoms with Gasteiger partial charge in [0.25, 0.3) is 22.9 Å². The second kappa shape index (κ2) is 58.7. The Morgan fingerprint density at radius 2 is 0.805 bits per heavy atom. The van der Waals surface area contributed by atoms with Gasteiger partial charge in [0, 0.05) is 36.8 Å². The number of carbonyl (C=O) groups is 8. The van der Waals surface area contributed by atoms with Crippen LogP contribution in [0.15, 0.2) is 43.7 Å². The van der Waals surface area contributed by atoms with E-state index in [0.29, 0.717) is 77.3 Å². The number of nitrogens with two attached hydrogens (primary N) is 2. The molecule has 4 aliphatic heterocycles. The van der Waals surface area contributed by atoms with E-state index in [1.54, 1.807) is 0 Å². The highest BCUT2D eigenvalue weighted by Gasteiger charge is 2.57. The first-order chi connectivity index (χ1) is 71.6. The third-order valence-electron chi connectivity index (χ3n) is 28.1. The van der Waals surface area contributed by atoms with Crippen molar-refractivity contribution in [3.05, 3.63) is 89.0 Å². The number of hydrogen-bond acceptors (Lipinski definition) is 43. The number of ether oxygens (including phenoxy) is 15. The number of nitrogens with zero attached hydrogens (tertiary/aromatic N) is 6. The number of rotatable bonds is 58. The van der Waals surface area contributed by atoms with Gasteiger partial charge in [-0.25, -0.2) is 28.5 Å². The van der Waals surface area contributed by atoms with Crippen molar-refractivity contribution in [3.63, 3.8) is 0 Å². The number of ketones is 2. The molecule has 4 saturated heterocycles. The van der Waals surface area contributed by atoms with Gasteiger partial charge in [-0.05, 0) is 103 Å². The molecule has 4 aromatic rings. The lowest BCUT2D eigenvalue weighted by atomic mass is 9.78. The lowest BCUT2D eigenvalue weighted by Crippen LogP contribution is -2.68. The van der Waals surface area contributed by atoms with Gasteiger partial charge < -0.3 is 175 Å². The number of aliphatic carboxylic acids is 2. The second-order valence-electron chi connectivity index (χ2n) is 39.3. The molecular weight excluding hydrogens is 1980 g/mol. The summed E-state index contributed by atoms with van der Waals surface area (Å²) in [5, 5.41) is 161. The summed E-state index contributed by atoms with van der Waals surface area (Å²) in [5.41, 5.74) is 7.05. The van der Waals surface area contributed by atoms with Gasteiger partial charge in [0.2, 0.25) is 11.8 Å². The quantitative estimate of drug-likeness (QED) is 0.0183. The first kappa shape index (κ1) is 118. The van der Waals surface area contributed by atoms with Crippen LogP contribution in [-0.4, -0.2) is 409 Å². The van der Waals surface area contributed by atoms with Crippen LogP contribution in [0.3, 0.4) is 0 Å². The topological polar surface area (TPSA) is 811 Å². The zero-order valence-corrected chi connectivity index (χ0v) is 83.3. The van der Waals surface area contributed by atoms with E-state index in [1.807, 2.05) is 9.97 Å². The largest absolute Gasteiger partial charge is 0.479 e. The van der Waals surface area contributed by atoms with Crippen LogP contribution in [0.1, 0.15) is 200 Å². The molecule has 836 valence electrons. The number of Topliss-reactive ketones (excluding diaryl/α,β-unsaturated/α-hetero) is 2. The number of amides is 4. The number of carboxylic acid groups (broad SMARTS) is 2. The number of nitrogens with one attached hydrogen (secondary N) is 8. The summed E-state index contributed by atoms with van der Waals surface area (Å²) in [6.45, 7) is 1.22. The van der Waals surface area contributed by atoms with E-state index >= 15 is 0 Å². The summed E-state index contributed by atoms with van der Waals surface area (Å²) < 4.78 is 94.7. The number of unbranched alkanes of at least 4 members (excludes halogenated alkanes) is 4. The Hall–Kier alpha value is -9.28. The van der Waals surface area contributed by atoms with E-state index in [0.717, 1.165) is 60.0 Å². The molecule has 4 aliphatic carbocycles. The second-order valence-corrected chi connectivity index (χ2v) is 39.3. The first-order valence-corrected chi connectivity index (χ1v) is 51.2. The third-order valence-corrected chi connectivity index (χ3v) is 28.1.